The molecule has 0 atom stereocenters. The number of benzene rings is 1. The van der Waals surface area contributed by atoms with Gasteiger partial charge in [0.1, 0.15) is 0 Å². The minimum Gasteiger partial charge on any atom is -0.326 e. The molecule has 106 valence electrons. The lowest BCUT2D eigenvalue weighted by Gasteiger charge is -2.54. The monoisotopic (exact) mass is 267 g/mol. The highest BCUT2D eigenvalue weighted by Crippen LogP contribution is 2.57. The predicted molar refractivity (Wildman–Crippen MR) is 84.0 cm³/mol. The van der Waals surface area contributed by atoms with Crippen molar-refractivity contribution in [2.45, 2.75) is 32.1 Å². The average Bonchev–Trinajstić information content (AvgIpc) is 2.47. The summed E-state index contributed by atoms with van der Waals surface area (Å²) < 4.78 is 0. The molecule has 0 heterocycles. The number of rotatable bonds is 3. The summed E-state index contributed by atoms with van der Waals surface area (Å²) in [5.74, 6) is 4.83. The van der Waals surface area contributed by atoms with E-state index in [0.717, 1.165) is 29.6 Å². The Bertz CT molecular complexity index is 474. The zero-order valence-corrected chi connectivity index (χ0v) is 12.2. The van der Waals surface area contributed by atoms with Gasteiger partial charge in [0.05, 0.1) is 0 Å². The van der Waals surface area contributed by atoms with Gasteiger partial charge in [0.2, 0.25) is 0 Å². The first kappa shape index (κ1) is 12.6. The van der Waals surface area contributed by atoms with Crippen LogP contribution in [0.25, 0.3) is 5.57 Å². The second-order valence-electron chi connectivity index (χ2n) is 7.27. The van der Waals surface area contributed by atoms with E-state index in [1.807, 2.05) is 0 Å². The Morgan fingerprint density at radius 1 is 0.950 bits per heavy atom. The highest BCUT2D eigenvalue weighted by Gasteiger charge is 2.47. The Kier molecular flexibility index (Phi) is 3.18. The third-order valence-corrected chi connectivity index (χ3v) is 6.06. The van der Waals surface area contributed by atoms with Crippen molar-refractivity contribution in [3.8, 4) is 0 Å². The summed E-state index contributed by atoms with van der Waals surface area (Å²) in [7, 11) is 0. The number of allylic oxidation sites excluding steroid dienone is 1. The van der Waals surface area contributed by atoms with E-state index in [2.05, 4.69) is 36.4 Å². The molecule has 0 aliphatic heterocycles. The van der Waals surface area contributed by atoms with Crippen molar-refractivity contribution < 1.29 is 0 Å². The molecule has 2 N–H and O–H groups in total. The molecule has 1 aromatic carbocycles. The predicted octanol–water partition coefficient (Wildman–Crippen LogP) is 4.10. The van der Waals surface area contributed by atoms with E-state index in [1.54, 1.807) is 0 Å². The van der Waals surface area contributed by atoms with E-state index in [-0.39, 0.29) is 0 Å². The van der Waals surface area contributed by atoms with Crippen molar-refractivity contribution in [2.24, 2.45) is 35.3 Å². The fraction of sp³-hybridized carbons (Fsp3) is 0.579. The SMILES string of the molecule is NC/C(=C\C1C2CC3CC(C2)CC1C3)c1ccccc1. The fourth-order valence-electron chi connectivity index (χ4n) is 5.41. The van der Waals surface area contributed by atoms with Crippen LogP contribution in [0.2, 0.25) is 0 Å². The molecule has 0 aromatic heterocycles. The molecule has 20 heavy (non-hydrogen) atoms. The van der Waals surface area contributed by atoms with E-state index in [0.29, 0.717) is 6.54 Å². The highest BCUT2D eigenvalue weighted by atomic mass is 14.5. The van der Waals surface area contributed by atoms with E-state index < -0.39 is 0 Å². The summed E-state index contributed by atoms with van der Waals surface area (Å²) in [5.41, 5.74) is 8.73. The molecule has 0 amide bonds. The van der Waals surface area contributed by atoms with Crippen LogP contribution in [0, 0.1) is 29.6 Å². The van der Waals surface area contributed by atoms with Gasteiger partial charge in [-0.2, -0.15) is 0 Å². The summed E-state index contributed by atoms with van der Waals surface area (Å²) in [6, 6.07) is 10.7. The molecule has 4 aliphatic carbocycles. The van der Waals surface area contributed by atoms with Crippen LogP contribution in [0.4, 0.5) is 0 Å². The Morgan fingerprint density at radius 2 is 1.55 bits per heavy atom. The first-order valence-corrected chi connectivity index (χ1v) is 8.29. The molecule has 0 spiro atoms. The summed E-state index contributed by atoms with van der Waals surface area (Å²) >= 11 is 0. The largest absolute Gasteiger partial charge is 0.326 e. The number of hydrogen-bond donors (Lipinski definition) is 1. The maximum Gasteiger partial charge on any atom is 0.0181 e. The molecule has 0 unspecified atom stereocenters. The number of hydrogen-bond acceptors (Lipinski definition) is 1. The van der Waals surface area contributed by atoms with Crippen molar-refractivity contribution in [1.82, 2.24) is 0 Å². The molecule has 1 nitrogen and oxygen atoms in total. The van der Waals surface area contributed by atoms with Gasteiger partial charge in [0.15, 0.2) is 0 Å². The average molecular weight is 267 g/mol. The van der Waals surface area contributed by atoms with Gasteiger partial charge in [-0.1, -0.05) is 36.4 Å². The minimum absolute atomic E-state index is 0.673. The number of nitrogens with two attached hydrogens (primary N) is 1. The molecule has 4 bridgehead atoms. The lowest BCUT2D eigenvalue weighted by atomic mass is 9.51. The van der Waals surface area contributed by atoms with Gasteiger partial charge in [-0.25, -0.2) is 0 Å². The molecular formula is C19H25N. The van der Waals surface area contributed by atoms with Gasteiger partial charge < -0.3 is 5.73 Å². The van der Waals surface area contributed by atoms with Crippen molar-refractivity contribution in [3.63, 3.8) is 0 Å². The summed E-state index contributed by atoms with van der Waals surface area (Å²) in [6.07, 6.45) is 10.0. The molecule has 4 fully saturated rings. The maximum absolute atomic E-state index is 6.04. The molecule has 4 aliphatic rings. The zero-order chi connectivity index (χ0) is 13.5. The van der Waals surface area contributed by atoms with Gasteiger partial charge >= 0.3 is 0 Å². The molecule has 0 saturated heterocycles. The molecule has 4 saturated carbocycles. The highest BCUT2D eigenvalue weighted by molar-refractivity contribution is 5.67. The standard InChI is InChI=1S/C19H25N/c20-12-18(15-4-2-1-3-5-15)11-19-16-7-13-6-14(9-16)10-17(19)8-13/h1-5,11,13-14,16-17,19H,6-10,12,20H2/b18-11+. The van der Waals surface area contributed by atoms with Crippen LogP contribution in [0.3, 0.4) is 0 Å². The van der Waals surface area contributed by atoms with E-state index in [1.165, 1.54) is 43.2 Å². The van der Waals surface area contributed by atoms with Crippen molar-refractivity contribution in [2.75, 3.05) is 6.54 Å². The van der Waals surface area contributed by atoms with Gasteiger partial charge in [-0.15, -0.1) is 0 Å². The van der Waals surface area contributed by atoms with Crippen molar-refractivity contribution >= 4 is 5.57 Å². The van der Waals surface area contributed by atoms with Gasteiger partial charge in [-0.3, -0.25) is 0 Å². The Hall–Kier alpha value is -1.08. The molecular weight excluding hydrogens is 242 g/mol. The normalized spacial score (nSPS) is 39.2. The summed E-state index contributed by atoms with van der Waals surface area (Å²) in [6.45, 7) is 0.673. The van der Waals surface area contributed by atoms with Crippen LogP contribution in [0.15, 0.2) is 36.4 Å². The molecule has 1 heteroatoms. The Balaban J connectivity index is 1.62. The van der Waals surface area contributed by atoms with Gasteiger partial charge in [0, 0.05) is 6.54 Å². The van der Waals surface area contributed by atoms with Crippen molar-refractivity contribution in [1.29, 1.82) is 0 Å². The second kappa shape index (κ2) is 5.04. The third-order valence-electron chi connectivity index (χ3n) is 6.06. The summed E-state index contributed by atoms with van der Waals surface area (Å²) in [4.78, 5) is 0. The molecule has 5 rings (SSSR count). The topological polar surface area (TPSA) is 26.0 Å². The lowest BCUT2D eigenvalue weighted by molar-refractivity contribution is -0.0160. The van der Waals surface area contributed by atoms with E-state index >= 15 is 0 Å². The smallest absolute Gasteiger partial charge is 0.0181 e. The molecule has 0 radical (unpaired) electrons. The summed E-state index contributed by atoms with van der Waals surface area (Å²) in [5, 5.41) is 0. The first-order chi connectivity index (χ1) is 9.83. The quantitative estimate of drug-likeness (QED) is 0.876. The molecule has 1 aromatic rings. The van der Waals surface area contributed by atoms with Crippen LogP contribution < -0.4 is 5.73 Å². The maximum atomic E-state index is 6.04. The Morgan fingerprint density at radius 3 is 2.10 bits per heavy atom. The zero-order valence-electron chi connectivity index (χ0n) is 12.2. The second-order valence-corrected chi connectivity index (χ2v) is 7.27. The van der Waals surface area contributed by atoms with E-state index in [4.69, 9.17) is 5.73 Å². The van der Waals surface area contributed by atoms with Crippen LogP contribution >= 0.6 is 0 Å². The van der Waals surface area contributed by atoms with Crippen LogP contribution in [0.5, 0.6) is 0 Å². The lowest BCUT2D eigenvalue weighted by Crippen LogP contribution is -2.44. The first-order valence-electron chi connectivity index (χ1n) is 8.29. The van der Waals surface area contributed by atoms with Crippen LogP contribution in [-0.4, -0.2) is 6.54 Å². The minimum atomic E-state index is 0.673. The fourth-order valence-corrected chi connectivity index (χ4v) is 5.41. The van der Waals surface area contributed by atoms with Gasteiger partial charge in [-0.05, 0) is 72.8 Å². The van der Waals surface area contributed by atoms with Gasteiger partial charge in [0.25, 0.3) is 0 Å². The van der Waals surface area contributed by atoms with E-state index in [9.17, 15) is 0 Å². The van der Waals surface area contributed by atoms with Crippen LogP contribution in [0.1, 0.15) is 37.7 Å². The Labute approximate surface area is 122 Å². The third kappa shape index (κ3) is 2.13. The van der Waals surface area contributed by atoms with Crippen molar-refractivity contribution in [3.05, 3.63) is 42.0 Å². The van der Waals surface area contributed by atoms with Crippen LogP contribution in [-0.2, 0) is 0 Å².